The second-order valence-electron chi connectivity index (χ2n) is 5.37. The number of ether oxygens (including phenoxy) is 2. The number of halogens is 1. The number of fused-ring (bicyclic) bond motifs is 1. The van der Waals surface area contributed by atoms with Gasteiger partial charge in [-0.15, -0.1) is 11.3 Å². The summed E-state index contributed by atoms with van der Waals surface area (Å²) in [5.74, 6) is 1.21. The summed E-state index contributed by atoms with van der Waals surface area (Å²) in [6.07, 6.45) is 0. The molecule has 4 nitrogen and oxygen atoms in total. The number of hydrogen-bond acceptors (Lipinski definition) is 4. The Labute approximate surface area is 155 Å². The molecule has 3 aromatic rings. The van der Waals surface area contributed by atoms with Gasteiger partial charge in [0.1, 0.15) is 16.4 Å². The number of hydrogen-bond donors (Lipinski definition) is 1. The van der Waals surface area contributed by atoms with E-state index in [1.54, 1.807) is 13.2 Å². The number of benzene rings is 2. The van der Waals surface area contributed by atoms with Gasteiger partial charge in [0.05, 0.1) is 13.7 Å². The third-order valence-electron chi connectivity index (χ3n) is 3.68. The van der Waals surface area contributed by atoms with Crippen LogP contribution in [0, 0.1) is 0 Å². The maximum absolute atomic E-state index is 12.6. The standard InChI is InChI=1S/C19H18ClNO3S/c1-3-24-14-6-4-5-12(9-14)11-21-19(22)18-17(23-2)15-8-7-13(20)10-16(15)25-18/h4-10H,3,11H2,1-2H3,(H,21,22). The van der Waals surface area contributed by atoms with E-state index in [0.717, 1.165) is 21.4 Å². The number of rotatable bonds is 6. The van der Waals surface area contributed by atoms with Crippen molar-refractivity contribution in [3.63, 3.8) is 0 Å². The van der Waals surface area contributed by atoms with Gasteiger partial charge < -0.3 is 14.8 Å². The minimum Gasteiger partial charge on any atom is -0.494 e. The molecule has 0 saturated carbocycles. The van der Waals surface area contributed by atoms with E-state index in [1.807, 2.05) is 43.3 Å². The maximum atomic E-state index is 12.6. The van der Waals surface area contributed by atoms with Crippen LogP contribution in [0.5, 0.6) is 11.5 Å². The highest BCUT2D eigenvalue weighted by Crippen LogP contribution is 2.38. The summed E-state index contributed by atoms with van der Waals surface area (Å²) in [6.45, 7) is 2.96. The smallest absolute Gasteiger partial charge is 0.265 e. The van der Waals surface area contributed by atoms with Crippen LogP contribution in [-0.2, 0) is 6.54 Å². The van der Waals surface area contributed by atoms with Crippen molar-refractivity contribution < 1.29 is 14.3 Å². The van der Waals surface area contributed by atoms with Crippen LogP contribution in [0.3, 0.4) is 0 Å². The Balaban J connectivity index is 1.79. The molecule has 1 amide bonds. The van der Waals surface area contributed by atoms with Crippen molar-refractivity contribution in [2.24, 2.45) is 0 Å². The van der Waals surface area contributed by atoms with E-state index in [9.17, 15) is 4.79 Å². The van der Waals surface area contributed by atoms with E-state index in [-0.39, 0.29) is 5.91 Å². The van der Waals surface area contributed by atoms with Crippen molar-refractivity contribution in [2.75, 3.05) is 13.7 Å². The molecule has 3 rings (SSSR count). The quantitative estimate of drug-likeness (QED) is 0.667. The van der Waals surface area contributed by atoms with Crippen LogP contribution in [0.15, 0.2) is 42.5 Å². The van der Waals surface area contributed by atoms with Crippen molar-refractivity contribution in [3.05, 3.63) is 57.9 Å². The van der Waals surface area contributed by atoms with Gasteiger partial charge >= 0.3 is 0 Å². The molecule has 0 unspecified atom stereocenters. The Hall–Kier alpha value is -2.24. The molecule has 130 valence electrons. The zero-order valence-electron chi connectivity index (χ0n) is 14.0. The fraction of sp³-hybridized carbons (Fsp3) is 0.211. The number of carbonyl (C=O) groups excluding carboxylic acids is 1. The third-order valence-corrected chi connectivity index (χ3v) is 5.05. The third kappa shape index (κ3) is 3.89. The molecule has 0 bridgehead atoms. The van der Waals surface area contributed by atoms with E-state index >= 15 is 0 Å². The molecule has 6 heteroatoms. The molecule has 1 heterocycles. The monoisotopic (exact) mass is 375 g/mol. The lowest BCUT2D eigenvalue weighted by atomic mass is 10.2. The molecular formula is C19H18ClNO3S. The van der Waals surface area contributed by atoms with Crippen molar-refractivity contribution in [1.82, 2.24) is 5.32 Å². The van der Waals surface area contributed by atoms with Crippen molar-refractivity contribution in [1.29, 1.82) is 0 Å². The molecule has 1 aromatic heterocycles. The van der Waals surface area contributed by atoms with E-state index in [4.69, 9.17) is 21.1 Å². The summed E-state index contributed by atoms with van der Waals surface area (Å²) in [5, 5.41) is 4.46. The summed E-state index contributed by atoms with van der Waals surface area (Å²) in [4.78, 5) is 13.2. The summed E-state index contributed by atoms with van der Waals surface area (Å²) in [6, 6.07) is 13.2. The number of thiophene rings is 1. The molecule has 0 fully saturated rings. The second kappa shape index (κ2) is 7.76. The normalized spacial score (nSPS) is 10.7. The van der Waals surface area contributed by atoms with Gasteiger partial charge in [-0.2, -0.15) is 0 Å². The van der Waals surface area contributed by atoms with Crippen LogP contribution >= 0.6 is 22.9 Å². The van der Waals surface area contributed by atoms with E-state index in [0.29, 0.717) is 28.8 Å². The predicted molar refractivity (Wildman–Crippen MR) is 102 cm³/mol. The van der Waals surface area contributed by atoms with Crippen LogP contribution in [0.4, 0.5) is 0 Å². The molecular weight excluding hydrogens is 358 g/mol. The fourth-order valence-electron chi connectivity index (χ4n) is 2.57. The Bertz CT molecular complexity index is 907. The first-order valence-electron chi connectivity index (χ1n) is 7.88. The fourth-order valence-corrected chi connectivity index (χ4v) is 3.94. The van der Waals surface area contributed by atoms with Gasteiger partial charge in [0.25, 0.3) is 5.91 Å². The van der Waals surface area contributed by atoms with Crippen molar-refractivity contribution >= 4 is 38.9 Å². The molecule has 0 saturated heterocycles. The number of nitrogens with one attached hydrogen (secondary N) is 1. The first kappa shape index (κ1) is 17.6. The number of methoxy groups -OCH3 is 1. The number of amides is 1. The van der Waals surface area contributed by atoms with Gasteiger partial charge in [0.2, 0.25) is 0 Å². The molecule has 0 spiro atoms. The van der Waals surface area contributed by atoms with Gasteiger partial charge in [-0.25, -0.2) is 0 Å². The van der Waals surface area contributed by atoms with Crippen LogP contribution < -0.4 is 14.8 Å². The summed E-state index contributed by atoms with van der Waals surface area (Å²) in [5.41, 5.74) is 0.974. The van der Waals surface area contributed by atoms with E-state index in [2.05, 4.69) is 5.32 Å². The Morgan fingerprint density at radius 2 is 2.08 bits per heavy atom. The van der Waals surface area contributed by atoms with Gasteiger partial charge in [0, 0.05) is 21.7 Å². The Morgan fingerprint density at radius 3 is 2.84 bits per heavy atom. The first-order chi connectivity index (χ1) is 12.1. The SMILES string of the molecule is CCOc1cccc(CNC(=O)c2sc3cc(Cl)ccc3c2OC)c1. The zero-order valence-corrected chi connectivity index (χ0v) is 15.5. The van der Waals surface area contributed by atoms with Crippen LogP contribution in [0.25, 0.3) is 10.1 Å². The van der Waals surface area contributed by atoms with Gasteiger partial charge in [-0.1, -0.05) is 23.7 Å². The molecule has 25 heavy (non-hydrogen) atoms. The van der Waals surface area contributed by atoms with Gasteiger partial charge in [0.15, 0.2) is 0 Å². The van der Waals surface area contributed by atoms with E-state index in [1.165, 1.54) is 11.3 Å². The molecule has 0 aliphatic heterocycles. The molecule has 0 radical (unpaired) electrons. The predicted octanol–water partition coefficient (Wildman–Crippen LogP) is 4.89. The van der Waals surface area contributed by atoms with Crippen LogP contribution in [0.2, 0.25) is 5.02 Å². The largest absolute Gasteiger partial charge is 0.494 e. The minimum absolute atomic E-state index is 0.170. The lowest BCUT2D eigenvalue weighted by Gasteiger charge is -2.08. The lowest BCUT2D eigenvalue weighted by Crippen LogP contribution is -2.22. The molecule has 2 aromatic carbocycles. The Morgan fingerprint density at radius 1 is 1.24 bits per heavy atom. The topological polar surface area (TPSA) is 47.6 Å². The Kier molecular flexibility index (Phi) is 5.46. The van der Waals surface area contributed by atoms with Crippen molar-refractivity contribution in [2.45, 2.75) is 13.5 Å². The highest BCUT2D eigenvalue weighted by molar-refractivity contribution is 7.21. The molecule has 1 N–H and O–H groups in total. The highest BCUT2D eigenvalue weighted by atomic mass is 35.5. The van der Waals surface area contributed by atoms with E-state index < -0.39 is 0 Å². The maximum Gasteiger partial charge on any atom is 0.265 e. The zero-order chi connectivity index (χ0) is 17.8. The average Bonchev–Trinajstić information content (AvgIpc) is 2.98. The van der Waals surface area contributed by atoms with Gasteiger partial charge in [-0.3, -0.25) is 4.79 Å². The van der Waals surface area contributed by atoms with Crippen molar-refractivity contribution in [3.8, 4) is 11.5 Å². The first-order valence-corrected chi connectivity index (χ1v) is 9.07. The summed E-state index contributed by atoms with van der Waals surface area (Å²) < 4.78 is 11.9. The summed E-state index contributed by atoms with van der Waals surface area (Å²) >= 11 is 7.41. The summed E-state index contributed by atoms with van der Waals surface area (Å²) in [7, 11) is 1.57. The molecule has 0 atom stereocenters. The minimum atomic E-state index is -0.170. The second-order valence-corrected chi connectivity index (χ2v) is 6.86. The van der Waals surface area contributed by atoms with Crippen LogP contribution in [-0.4, -0.2) is 19.6 Å². The van der Waals surface area contributed by atoms with Gasteiger partial charge in [-0.05, 0) is 42.8 Å². The lowest BCUT2D eigenvalue weighted by molar-refractivity contribution is 0.0952. The average molecular weight is 376 g/mol. The number of carbonyl (C=O) groups is 1. The van der Waals surface area contributed by atoms with Crippen LogP contribution in [0.1, 0.15) is 22.2 Å². The highest BCUT2D eigenvalue weighted by Gasteiger charge is 2.19. The molecule has 0 aliphatic rings. The molecule has 0 aliphatic carbocycles.